The Balaban J connectivity index is 2.12. The topological polar surface area (TPSA) is 44.8 Å². The van der Waals surface area contributed by atoms with Crippen molar-refractivity contribution in [3.63, 3.8) is 0 Å². The number of ether oxygens (including phenoxy) is 3. The fraction of sp³-hybridized carbons (Fsp3) is 0.476. The highest BCUT2D eigenvalue weighted by molar-refractivity contribution is 5.98. The fourth-order valence-electron chi connectivity index (χ4n) is 2.94. The monoisotopic (exact) mass is 344 g/mol. The largest absolute Gasteiger partial charge is 0.495 e. The third-order valence-electron chi connectivity index (χ3n) is 4.40. The minimum Gasteiger partial charge on any atom is -0.495 e. The van der Waals surface area contributed by atoms with Crippen LogP contribution < -0.4 is 9.47 Å². The van der Waals surface area contributed by atoms with Gasteiger partial charge in [-0.15, -0.1) is 0 Å². The highest BCUT2D eigenvalue weighted by Gasteiger charge is 2.33. The Morgan fingerprint density at radius 2 is 2.00 bits per heavy atom. The maximum Gasteiger partial charge on any atom is 0.342 e. The van der Waals surface area contributed by atoms with Crippen LogP contribution in [0.3, 0.4) is 0 Å². The van der Waals surface area contributed by atoms with Crippen LogP contribution in [0.15, 0.2) is 29.4 Å². The van der Waals surface area contributed by atoms with Gasteiger partial charge in [0.2, 0.25) is 0 Å². The van der Waals surface area contributed by atoms with Gasteiger partial charge in [0.1, 0.15) is 29.8 Å². The summed E-state index contributed by atoms with van der Waals surface area (Å²) in [5.74, 6) is 0.948. The van der Waals surface area contributed by atoms with Crippen molar-refractivity contribution in [3.05, 3.63) is 46.1 Å². The molecule has 25 heavy (non-hydrogen) atoms. The van der Waals surface area contributed by atoms with Crippen molar-refractivity contribution < 1.29 is 19.0 Å². The molecule has 4 heteroatoms. The van der Waals surface area contributed by atoms with Gasteiger partial charge in [0.05, 0.1) is 7.11 Å². The smallest absolute Gasteiger partial charge is 0.342 e. The quantitative estimate of drug-likeness (QED) is 0.497. The summed E-state index contributed by atoms with van der Waals surface area (Å²) in [6, 6.07) is 1.90. The molecule has 4 nitrogen and oxygen atoms in total. The van der Waals surface area contributed by atoms with Crippen molar-refractivity contribution in [3.8, 4) is 11.5 Å². The van der Waals surface area contributed by atoms with E-state index in [1.807, 2.05) is 19.9 Å². The molecule has 1 aromatic carbocycles. The van der Waals surface area contributed by atoms with Gasteiger partial charge in [-0.25, -0.2) is 4.79 Å². The Morgan fingerprint density at radius 3 is 2.64 bits per heavy atom. The molecule has 1 aromatic rings. The zero-order chi connectivity index (χ0) is 18.6. The predicted octanol–water partition coefficient (Wildman–Crippen LogP) is 5.31. The molecule has 0 aliphatic carbocycles. The van der Waals surface area contributed by atoms with Crippen molar-refractivity contribution in [2.45, 2.75) is 53.6 Å². The van der Waals surface area contributed by atoms with E-state index < -0.39 is 0 Å². The van der Waals surface area contributed by atoms with Gasteiger partial charge < -0.3 is 14.2 Å². The van der Waals surface area contributed by atoms with Gasteiger partial charge in [0, 0.05) is 11.1 Å². The van der Waals surface area contributed by atoms with E-state index in [0.717, 1.165) is 29.7 Å². The summed E-state index contributed by atoms with van der Waals surface area (Å²) in [5, 5.41) is 0. The molecule has 0 amide bonds. The third kappa shape index (κ3) is 4.44. The summed E-state index contributed by atoms with van der Waals surface area (Å²) < 4.78 is 16.7. The Labute approximate surface area is 150 Å². The Kier molecular flexibility index (Phi) is 6.29. The standard InChI is InChI=1S/C21H28O4/c1-13(2)8-7-9-14(3)10-11-24-18-12-17-16(5)25-21(22)19(17)20(23-6)15(18)4/h8,10,12,16H,7,9,11H2,1-6H3. The Bertz CT molecular complexity index is 709. The summed E-state index contributed by atoms with van der Waals surface area (Å²) in [6.45, 7) is 10.6. The highest BCUT2D eigenvalue weighted by atomic mass is 16.6. The van der Waals surface area contributed by atoms with Crippen molar-refractivity contribution in [1.82, 2.24) is 0 Å². The van der Waals surface area contributed by atoms with Crippen LogP contribution in [0.1, 0.15) is 68.1 Å². The molecular weight excluding hydrogens is 316 g/mol. The van der Waals surface area contributed by atoms with Gasteiger partial charge >= 0.3 is 5.97 Å². The number of esters is 1. The third-order valence-corrected chi connectivity index (χ3v) is 4.40. The summed E-state index contributed by atoms with van der Waals surface area (Å²) in [5.41, 5.74) is 4.81. The normalized spacial score (nSPS) is 16.3. The number of carbonyl (C=O) groups is 1. The maximum atomic E-state index is 12.0. The first kappa shape index (κ1) is 19.1. The lowest BCUT2D eigenvalue weighted by atomic mass is 10.0. The molecule has 0 N–H and O–H groups in total. The van der Waals surface area contributed by atoms with Crippen LogP contribution >= 0.6 is 0 Å². The highest BCUT2D eigenvalue weighted by Crippen LogP contribution is 2.42. The van der Waals surface area contributed by atoms with Crippen molar-refractivity contribution in [2.24, 2.45) is 0 Å². The minimum atomic E-state index is -0.330. The first-order chi connectivity index (χ1) is 11.8. The van der Waals surface area contributed by atoms with Gasteiger partial charge in [-0.05, 0) is 59.6 Å². The number of hydrogen-bond acceptors (Lipinski definition) is 4. The van der Waals surface area contributed by atoms with E-state index in [9.17, 15) is 4.79 Å². The minimum absolute atomic E-state index is 0.277. The molecule has 0 saturated heterocycles. The number of benzene rings is 1. The average Bonchev–Trinajstić information content (AvgIpc) is 2.82. The first-order valence-electron chi connectivity index (χ1n) is 8.69. The number of allylic oxidation sites excluding steroid dienone is 3. The number of rotatable bonds is 7. The molecule has 0 bridgehead atoms. The van der Waals surface area contributed by atoms with E-state index in [-0.39, 0.29) is 12.1 Å². The SMILES string of the molecule is COc1c(C)c(OCC=C(C)CCC=C(C)C)cc2c1C(=O)OC2C. The molecule has 2 rings (SSSR count). The van der Waals surface area contributed by atoms with Crippen LogP contribution in [0, 0.1) is 6.92 Å². The molecule has 1 aliphatic heterocycles. The lowest BCUT2D eigenvalue weighted by Crippen LogP contribution is -2.04. The van der Waals surface area contributed by atoms with E-state index in [1.54, 1.807) is 7.11 Å². The van der Waals surface area contributed by atoms with Crippen molar-refractivity contribution >= 4 is 5.97 Å². The number of fused-ring (bicyclic) bond motifs is 1. The summed E-state index contributed by atoms with van der Waals surface area (Å²) >= 11 is 0. The van der Waals surface area contributed by atoms with Crippen LogP contribution in [-0.2, 0) is 4.74 Å². The van der Waals surface area contributed by atoms with Gasteiger partial charge in [-0.2, -0.15) is 0 Å². The molecule has 1 heterocycles. The Morgan fingerprint density at radius 1 is 1.28 bits per heavy atom. The molecule has 0 saturated carbocycles. The van der Waals surface area contributed by atoms with Gasteiger partial charge in [-0.1, -0.05) is 17.2 Å². The molecule has 1 atom stereocenters. The van der Waals surface area contributed by atoms with Crippen LogP contribution in [-0.4, -0.2) is 19.7 Å². The molecule has 1 aliphatic rings. The van der Waals surface area contributed by atoms with E-state index >= 15 is 0 Å². The average molecular weight is 344 g/mol. The molecule has 0 aromatic heterocycles. The first-order valence-corrected chi connectivity index (χ1v) is 8.69. The second-order valence-electron chi connectivity index (χ2n) is 6.73. The number of hydrogen-bond donors (Lipinski definition) is 0. The molecule has 136 valence electrons. The maximum absolute atomic E-state index is 12.0. The second kappa shape index (κ2) is 8.24. The van der Waals surface area contributed by atoms with Gasteiger partial charge in [0.25, 0.3) is 0 Å². The Hall–Kier alpha value is -2.23. The molecular formula is C21H28O4. The molecule has 1 unspecified atom stereocenters. The fourth-order valence-corrected chi connectivity index (χ4v) is 2.94. The zero-order valence-corrected chi connectivity index (χ0v) is 16.1. The lowest BCUT2D eigenvalue weighted by Gasteiger charge is -2.14. The lowest BCUT2D eigenvalue weighted by molar-refractivity contribution is 0.0420. The van der Waals surface area contributed by atoms with Crippen molar-refractivity contribution in [1.29, 1.82) is 0 Å². The molecule has 0 radical (unpaired) electrons. The van der Waals surface area contributed by atoms with Crippen LogP contribution in [0.2, 0.25) is 0 Å². The van der Waals surface area contributed by atoms with Crippen LogP contribution in [0.5, 0.6) is 11.5 Å². The number of carbonyl (C=O) groups excluding carboxylic acids is 1. The van der Waals surface area contributed by atoms with E-state index in [2.05, 4.69) is 32.9 Å². The van der Waals surface area contributed by atoms with Gasteiger partial charge in [0.15, 0.2) is 0 Å². The number of methoxy groups -OCH3 is 1. The molecule has 0 spiro atoms. The van der Waals surface area contributed by atoms with Crippen LogP contribution in [0.4, 0.5) is 0 Å². The van der Waals surface area contributed by atoms with Crippen LogP contribution in [0.25, 0.3) is 0 Å². The predicted molar refractivity (Wildman–Crippen MR) is 99.5 cm³/mol. The molecule has 0 fully saturated rings. The summed E-state index contributed by atoms with van der Waals surface area (Å²) in [7, 11) is 1.57. The number of cyclic esters (lactones) is 1. The summed E-state index contributed by atoms with van der Waals surface area (Å²) in [4.78, 5) is 12.0. The van der Waals surface area contributed by atoms with E-state index in [4.69, 9.17) is 14.2 Å². The zero-order valence-electron chi connectivity index (χ0n) is 16.1. The van der Waals surface area contributed by atoms with Crippen molar-refractivity contribution in [2.75, 3.05) is 13.7 Å². The van der Waals surface area contributed by atoms with Gasteiger partial charge in [-0.3, -0.25) is 0 Å². The summed E-state index contributed by atoms with van der Waals surface area (Å²) in [6.07, 6.45) is 6.14. The van der Waals surface area contributed by atoms with E-state index in [0.29, 0.717) is 17.9 Å². The second-order valence-corrected chi connectivity index (χ2v) is 6.73. The van der Waals surface area contributed by atoms with E-state index in [1.165, 1.54) is 11.1 Å².